The van der Waals surface area contributed by atoms with Gasteiger partial charge in [0.05, 0.1) is 27.2 Å². The summed E-state index contributed by atoms with van der Waals surface area (Å²) in [5, 5.41) is -0.714. The molecule has 0 saturated heterocycles. The molecule has 1 fully saturated rings. The standard InChI is InChI=1S/C19H21NO3S2/c1-2-23-13-19(18(20)24)16(14-9-5-3-6-10-14)17(19)25(21,22)15-11-7-4-8-12-15/h3-12,16-17H,2,13H2,1H3,(H2,20,24)/t16-,17-,19+/m0/s1. The molecule has 3 atom stereocenters. The minimum Gasteiger partial charge on any atom is -0.393 e. The average Bonchev–Trinajstić information content (AvgIpc) is 3.33. The Morgan fingerprint density at radius 2 is 1.68 bits per heavy atom. The highest BCUT2D eigenvalue weighted by Crippen LogP contribution is 2.64. The quantitative estimate of drug-likeness (QED) is 0.754. The van der Waals surface area contributed by atoms with E-state index < -0.39 is 20.5 Å². The number of benzene rings is 2. The fourth-order valence-electron chi connectivity index (χ4n) is 3.56. The van der Waals surface area contributed by atoms with Gasteiger partial charge in [0, 0.05) is 12.5 Å². The molecule has 0 aromatic heterocycles. The molecule has 25 heavy (non-hydrogen) atoms. The molecule has 0 bridgehead atoms. The van der Waals surface area contributed by atoms with Crippen molar-refractivity contribution in [1.29, 1.82) is 0 Å². The van der Waals surface area contributed by atoms with Gasteiger partial charge in [-0.3, -0.25) is 0 Å². The van der Waals surface area contributed by atoms with E-state index in [1.54, 1.807) is 30.3 Å². The highest BCUT2D eigenvalue weighted by molar-refractivity contribution is 7.92. The Bertz CT molecular complexity index is 853. The summed E-state index contributed by atoms with van der Waals surface area (Å²) in [5.41, 5.74) is 6.10. The SMILES string of the molecule is CCOC[C@@]1(C(N)=S)[C@@H](c2ccccc2)[C@@H]1S(=O)(=O)c1ccccc1. The maximum absolute atomic E-state index is 13.3. The van der Waals surface area contributed by atoms with E-state index in [-0.39, 0.29) is 22.4 Å². The summed E-state index contributed by atoms with van der Waals surface area (Å²) in [5.74, 6) is -0.303. The number of nitrogens with two attached hydrogens (primary N) is 1. The van der Waals surface area contributed by atoms with Gasteiger partial charge in [-0.1, -0.05) is 60.7 Å². The molecule has 2 N–H and O–H groups in total. The molecule has 4 nitrogen and oxygen atoms in total. The number of rotatable bonds is 7. The highest BCUT2D eigenvalue weighted by Gasteiger charge is 2.73. The normalized spacial score (nSPS) is 25.5. The number of ether oxygens (including phenoxy) is 1. The van der Waals surface area contributed by atoms with Gasteiger partial charge in [-0.15, -0.1) is 0 Å². The van der Waals surface area contributed by atoms with Crippen LogP contribution in [0.4, 0.5) is 0 Å². The molecule has 0 heterocycles. The topological polar surface area (TPSA) is 69.4 Å². The second-order valence-corrected chi connectivity index (χ2v) is 8.72. The highest BCUT2D eigenvalue weighted by atomic mass is 32.2. The summed E-state index contributed by atoms with van der Waals surface area (Å²) in [4.78, 5) is 0.481. The molecule has 2 aromatic carbocycles. The third kappa shape index (κ3) is 2.99. The van der Waals surface area contributed by atoms with Crippen LogP contribution < -0.4 is 5.73 Å². The number of sulfone groups is 1. The maximum atomic E-state index is 13.3. The summed E-state index contributed by atoms with van der Waals surface area (Å²) in [6.45, 7) is 2.55. The van der Waals surface area contributed by atoms with Gasteiger partial charge in [0.2, 0.25) is 0 Å². The molecule has 0 aliphatic heterocycles. The Balaban J connectivity index is 2.10. The van der Waals surface area contributed by atoms with Crippen LogP contribution in [0.2, 0.25) is 0 Å². The van der Waals surface area contributed by atoms with E-state index in [4.69, 9.17) is 22.7 Å². The van der Waals surface area contributed by atoms with E-state index in [2.05, 4.69) is 0 Å². The van der Waals surface area contributed by atoms with Crippen molar-refractivity contribution in [3.05, 3.63) is 66.2 Å². The number of hydrogen-bond donors (Lipinski definition) is 1. The average molecular weight is 376 g/mol. The van der Waals surface area contributed by atoms with Crippen LogP contribution in [0, 0.1) is 5.41 Å². The molecule has 0 unspecified atom stereocenters. The van der Waals surface area contributed by atoms with Crippen LogP contribution in [-0.2, 0) is 14.6 Å². The van der Waals surface area contributed by atoms with Crippen molar-refractivity contribution in [3.8, 4) is 0 Å². The lowest BCUT2D eigenvalue weighted by Gasteiger charge is -2.17. The van der Waals surface area contributed by atoms with Crippen LogP contribution in [0.3, 0.4) is 0 Å². The Labute approximate surface area is 153 Å². The van der Waals surface area contributed by atoms with Crippen molar-refractivity contribution in [2.45, 2.75) is 23.0 Å². The molecule has 1 aliphatic carbocycles. The van der Waals surface area contributed by atoms with E-state index in [0.717, 1.165) is 5.56 Å². The Morgan fingerprint density at radius 1 is 1.12 bits per heavy atom. The molecule has 2 aromatic rings. The Kier molecular flexibility index (Phi) is 4.95. The van der Waals surface area contributed by atoms with E-state index in [0.29, 0.717) is 6.61 Å². The van der Waals surface area contributed by atoms with Crippen molar-refractivity contribution < 1.29 is 13.2 Å². The van der Waals surface area contributed by atoms with Crippen LogP contribution in [0.5, 0.6) is 0 Å². The minimum absolute atomic E-state index is 0.194. The molecule has 0 radical (unpaired) electrons. The van der Waals surface area contributed by atoms with Crippen LogP contribution in [0.25, 0.3) is 0 Å². The molecule has 0 spiro atoms. The van der Waals surface area contributed by atoms with Crippen molar-refractivity contribution in [1.82, 2.24) is 0 Å². The van der Waals surface area contributed by atoms with Crippen molar-refractivity contribution >= 4 is 27.0 Å². The summed E-state index contributed by atoms with van der Waals surface area (Å²) >= 11 is 5.31. The van der Waals surface area contributed by atoms with E-state index in [1.807, 2.05) is 37.3 Å². The molecular weight excluding hydrogens is 354 g/mol. The molecule has 1 saturated carbocycles. The first-order chi connectivity index (χ1) is 12.0. The Morgan fingerprint density at radius 3 is 2.20 bits per heavy atom. The molecule has 0 amide bonds. The van der Waals surface area contributed by atoms with Gasteiger partial charge in [-0.05, 0) is 24.6 Å². The van der Waals surface area contributed by atoms with Gasteiger partial charge >= 0.3 is 0 Å². The van der Waals surface area contributed by atoms with Gasteiger partial charge in [-0.2, -0.15) is 0 Å². The van der Waals surface area contributed by atoms with Crippen molar-refractivity contribution in [2.24, 2.45) is 11.1 Å². The summed E-state index contributed by atoms with van der Waals surface area (Å²) in [6, 6.07) is 18.0. The zero-order valence-electron chi connectivity index (χ0n) is 14.0. The zero-order valence-corrected chi connectivity index (χ0v) is 15.6. The predicted octanol–water partition coefficient (Wildman–Crippen LogP) is 2.94. The third-order valence-corrected chi connectivity index (χ3v) is 7.50. The van der Waals surface area contributed by atoms with Crippen LogP contribution >= 0.6 is 12.2 Å². The van der Waals surface area contributed by atoms with Gasteiger partial charge < -0.3 is 10.5 Å². The summed E-state index contributed by atoms with van der Waals surface area (Å²) in [7, 11) is -3.59. The molecule has 6 heteroatoms. The van der Waals surface area contributed by atoms with E-state index >= 15 is 0 Å². The maximum Gasteiger partial charge on any atom is 0.182 e. The lowest BCUT2D eigenvalue weighted by Crippen LogP contribution is -2.33. The lowest BCUT2D eigenvalue weighted by molar-refractivity contribution is 0.121. The molecule has 132 valence electrons. The molecule has 3 rings (SSSR count). The summed E-state index contributed by atoms with van der Waals surface area (Å²) in [6.07, 6.45) is 0. The van der Waals surface area contributed by atoms with Crippen LogP contribution in [0.1, 0.15) is 18.4 Å². The van der Waals surface area contributed by atoms with Crippen LogP contribution in [0.15, 0.2) is 65.6 Å². The molecular formula is C19H21NO3S2. The third-order valence-electron chi connectivity index (χ3n) is 4.82. The number of thiocarbonyl (C=S) groups is 1. The zero-order chi connectivity index (χ0) is 18.1. The minimum atomic E-state index is -3.59. The van der Waals surface area contributed by atoms with Crippen LogP contribution in [-0.4, -0.2) is 31.9 Å². The van der Waals surface area contributed by atoms with E-state index in [9.17, 15) is 8.42 Å². The largest absolute Gasteiger partial charge is 0.393 e. The lowest BCUT2D eigenvalue weighted by atomic mass is 10.00. The van der Waals surface area contributed by atoms with Gasteiger partial charge in [-0.25, -0.2) is 8.42 Å². The smallest absolute Gasteiger partial charge is 0.182 e. The fourth-order valence-corrected chi connectivity index (χ4v) is 6.35. The monoisotopic (exact) mass is 375 g/mol. The van der Waals surface area contributed by atoms with Crippen molar-refractivity contribution in [2.75, 3.05) is 13.2 Å². The van der Waals surface area contributed by atoms with Gasteiger partial charge in [0.15, 0.2) is 9.84 Å². The second-order valence-electron chi connectivity index (χ2n) is 6.21. The second kappa shape index (κ2) is 6.86. The van der Waals surface area contributed by atoms with E-state index in [1.165, 1.54) is 0 Å². The predicted molar refractivity (Wildman–Crippen MR) is 102 cm³/mol. The first-order valence-corrected chi connectivity index (χ1v) is 10.1. The number of hydrogen-bond acceptors (Lipinski definition) is 4. The Hall–Kier alpha value is -1.76. The van der Waals surface area contributed by atoms with Crippen molar-refractivity contribution in [3.63, 3.8) is 0 Å². The first kappa shape index (κ1) is 18.0. The van der Waals surface area contributed by atoms with Gasteiger partial charge in [0.1, 0.15) is 0 Å². The fraction of sp³-hybridized carbons (Fsp3) is 0.316. The summed E-state index contributed by atoms with van der Waals surface area (Å²) < 4.78 is 32.2. The molecule has 1 aliphatic rings. The first-order valence-electron chi connectivity index (χ1n) is 8.17. The van der Waals surface area contributed by atoms with Gasteiger partial charge in [0.25, 0.3) is 0 Å².